The van der Waals surface area contributed by atoms with Crippen LogP contribution in [0.5, 0.6) is 0 Å². The van der Waals surface area contributed by atoms with Crippen molar-refractivity contribution in [1.29, 1.82) is 0 Å². The van der Waals surface area contributed by atoms with Crippen LogP contribution in [-0.4, -0.2) is 13.1 Å². The van der Waals surface area contributed by atoms with Crippen LogP contribution in [0, 0.1) is 0 Å². The fourth-order valence-electron chi connectivity index (χ4n) is 2.33. The van der Waals surface area contributed by atoms with Crippen LogP contribution < -0.4 is 10.2 Å². The highest BCUT2D eigenvalue weighted by molar-refractivity contribution is 9.10. The van der Waals surface area contributed by atoms with Crippen LogP contribution in [0.25, 0.3) is 0 Å². The summed E-state index contributed by atoms with van der Waals surface area (Å²) in [5.74, 6) is 0. The number of hydrogen-bond donors (Lipinski definition) is 1. The highest BCUT2D eigenvalue weighted by Crippen LogP contribution is 2.27. The summed E-state index contributed by atoms with van der Waals surface area (Å²) in [5, 5.41) is 7.96. The molecule has 1 saturated carbocycles. The lowest BCUT2D eigenvalue weighted by molar-refractivity contribution is 0.685. The number of nitrogens with one attached hydrogen (secondary N) is 1. The lowest BCUT2D eigenvalue weighted by Gasteiger charge is -2.23. The molecule has 1 aromatic heterocycles. The van der Waals surface area contributed by atoms with Crippen LogP contribution in [0.3, 0.4) is 0 Å². The molecule has 1 fully saturated rings. The molecular weight excluding hydrogens is 332 g/mol. The first-order valence-electron chi connectivity index (χ1n) is 6.96. The number of benzene rings is 1. The molecule has 0 atom stereocenters. The highest BCUT2D eigenvalue weighted by Gasteiger charge is 2.20. The van der Waals surface area contributed by atoms with Gasteiger partial charge in [0.15, 0.2) is 0 Å². The molecule has 0 spiro atoms. The molecule has 106 valence electrons. The van der Waals surface area contributed by atoms with E-state index in [9.17, 15) is 0 Å². The first-order chi connectivity index (χ1) is 9.72. The van der Waals surface area contributed by atoms with E-state index >= 15 is 0 Å². The van der Waals surface area contributed by atoms with Crippen molar-refractivity contribution in [3.8, 4) is 0 Å². The maximum Gasteiger partial charge on any atom is 0.0434 e. The van der Waals surface area contributed by atoms with Gasteiger partial charge in [-0.25, -0.2) is 0 Å². The van der Waals surface area contributed by atoms with E-state index in [1.54, 1.807) is 11.3 Å². The monoisotopic (exact) mass is 350 g/mol. The summed E-state index contributed by atoms with van der Waals surface area (Å²) in [6.45, 7) is 1.91. The summed E-state index contributed by atoms with van der Waals surface area (Å²) in [7, 11) is 2.17. The Kier molecular flexibility index (Phi) is 4.44. The third-order valence-corrected chi connectivity index (χ3v) is 4.84. The molecule has 0 radical (unpaired) electrons. The van der Waals surface area contributed by atoms with E-state index in [0.717, 1.165) is 23.6 Å². The molecule has 2 nitrogen and oxygen atoms in total. The molecule has 0 aliphatic heterocycles. The predicted octanol–water partition coefficient (Wildman–Crippen LogP) is 4.40. The van der Waals surface area contributed by atoms with Gasteiger partial charge in [-0.2, -0.15) is 11.3 Å². The quantitative estimate of drug-likeness (QED) is 0.830. The molecule has 0 unspecified atom stereocenters. The third kappa shape index (κ3) is 3.62. The van der Waals surface area contributed by atoms with E-state index in [-0.39, 0.29) is 0 Å². The SMILES string of the molecule is CN(Cc1ccsc1)c1cc(Br)ccc1CNC1CC1. The van der Waals surface area contributed by atoms with Gasteiger partial charge in [0.1, 0.15) is 0 Å². The van der Waals surface area contributed by atoms with Crippen LogP contribution >= 0.6 is 27.3 Å². The van der Waals surface area contributed by atoms with Crippen LogP contribution in [-0.2, 0) is 13.1 Å². The fourth-order valence-corrected chi connectivity index (χ4v) is 3.33. The molecular formula is C16H19BrN2S. The van der Waals surface area contributed by atoms with Gasteiger partial charge in [-0.3, -0.25) is 0 Å². The second-order valence-corrected chi connectivity index (χ2v) is 7.11. The Morgan fingerprint density at radius 2 is 2.20 bits per heavy atom. The summed E-state index contributed by atoms with van der Waals surface area (Å²) in [6, 6.07) is 9.51. The first-order valence-corrected chi connectivity index (χ1v) is 8.70. The Morgan fingerprint density at radius 1 is 1.35 bits per heavy atom. The molecule has 2 aromatic rings. The van der Waals surface area contributed by atoms with Gasteiger partial charge < -0.3 is 10.2 Å². The number of hydrogen-bond acceptors (Lipinski definition) is 3. The second-order valence-electron chi connectivity index (χ2n) is 5.42. The molecule has 20 heavy (non-hydrogen) atoms. The van der Waals surface area contributed by atoms with Crippen molar-refractivity contribution in [2.75, 3.05) is 11.9 Å². The molecule has 1 aromatic carbocycles. The zero-order valence-corrected chi connectivity index (χ0v) is 14.0. The molecule has 3 rings (SSSR count). The van der Waals surface area contributed by atoms with Crippen LogP contribution in [0.2, 0.25) is 0 Å². The minimum atomic E-state index is 0.744. The molecule has 0 amide bonds. The normalized spacial score (nSPS) is 14.5. The number of halogens is 1. The lowest BCUT2D eigenvalue weighted by atomic mass is 10.1. The van der Waals surface area contributed by atoms with Crippen molar-refractivity contribution in [3.05, 3.63) is 50.6 Å². The van der Waals surface area contributed by atoms with E-state index in [1.807, 2.05) is 0 Å². The third-order valence-electron chi connectivity index (χ3n) is 3.62. The van der Waals surface area contributed by atoms with Crippen molar-refractivity contribution in [3.63, 3.8) is 0 Å². The topological polar surface area (TPSA) is 15.3 Å². The number of nitrogens with zero attached hydrogens (tertiary/aromatic N) is 1. The molecule has 1 heterocycles. The summed E-state index contributed by atoms with van der Waals surface area (Å²) < 4.78 is 1.14. The van der Waals surface area contributed by atoms with Gasteiger partial charge in [0.2, 0.25) is 0 Å². The van der Waals surface area contributed by atoms with Crippen LogP contribution in [0.1, 0.15) is 24.0 Å². The summed E-state index contributed by atoms with van der Waals surface area (Å²) in [5.41, 5.74) is 4.05. The van der Waals surface area contributed by atoms with Gasteiger partial charge in [0.05, 0.1) is 0 Å². The van der Waals surface area contributed by atoms with Gasteiger partial charge in [-0.05, 0) is 52.9 Å². The molecule has 1 aliphatic rings. The highest BCUT2D eigenvalue weighted by atomic mass is 79.9. The summed E-state index contributed by atoms with van der Waals surface area (Å²) >= 11 is 5.35. The Hall–Kier alpha value is -0.840. The van der Waals surface area contributed by atoms with Gasteiger partial charge in [-0.15, -0.1) is 0 Å². The van der Waals surface area contributed by atoms with E-state index in [1.165, 1.54) is 29.7 Å². The van der Waals surface area contributed by atoms with Gasteiger partial charge in [-0.1, -0.05) is 22.0 Å². The zero-order chi connectivity index (χ0) is 13.9. The Bertz CT molecular complexity index is 564. The zero-order valence-electron chi connectivity index (χ0n) is 11.6. The minimum Gasteiger partial charge on any atom is -0.370 e. The van der Waals surface area contributed by atoms with Crippen LogP contribution in [0.4, 0.5) is 5.69 Å². The standard InChI is InChI=1S/C16H19BrN2S/c1-19(10-12-6-7-20-11-12)16-8-14(17)3-2-13(16)9-18-15-4-5-15/h2-3,6-8,11,15,18H,4-5,9-10H2,1H3. The van der Waals surface area contributed by atoms with E-state index in [2.05, 4.69) is 68.2 Å². The molecule has 4 heteroatoms. The number of thiophene rings is 1. The molecule has 1 N–H and O–H groups in total. The van der Waals surface area contributed by atoms with Crippen LogP contribution in [0.15, 0.2) is 39.5 Å². The average molecular weight is 351 g/mol. The van der Waals surface area contributed by atoms with E-state index < -0.39 is 0 Å². The van der Waals surface area contributed by atoms with Gasteiger partial charge in [0, 0.05) is 36.3 Å². The van der Waals surface area contributed by atoms with Crippen molar-refractivity contribution in [2.24, 2.45) is 0 Å². The second kappa shape index (κ2) is 6.29. The maximum atomic E-state index is 3.61. The van der Waals surface area contributed by atoms with E-state index in [4.69, 9.17) is 0 Å². The number of rotatable bonds is 6. The minimum absolute atomic E-state index is 0.744. The van der Waals surface area contributed by atoms with Gasteiger partial charge >= 0.3 is 0 Å². The fraction of sp³-hybridized carbons (Fsp3) is 0.375. The Balaban J connectivity index is 1.76. The molecule has 0 bridgehead atoms. The maximum absolute atomic E-state index is 3.61. The van der Waals surface area contributed by atoms with Crippen molar-refractivity contribution in [1.82, 2.24) is 5.32 Å². The molecule has 0 saturated heterocycles. The molecule has 1 aliphatic carbocycles. The van der Waals surface area contributed by atoms with Crippen molar-refractivity contribution < 1.29 is 0 Å². The number of anilines is 1. The Morgan fingerprint density at radius 3 is 2.90 bits per heavy atom. The predicted molar refractivity (Wildman–Crippen MR) is 90.4 cm³/mol. The summed E-state index contributed by atoms with van der Waals surface area (Å²) in [6.07, 6.45) is 2.66. The smallest absolute Gasteiger partial charge is 0.0434 e. The average Bonchev–Trinajstić information content (AvgIpc) is 3.13. The van der Waals surface area contributed by atoms with Crippen molar-refractivity contribution in [2.45, 2.75) is 32.0 Å². The summed E-state index contributed by atoms with van der Waals surface area (Å²) in [4.78, 5) is 2.33. The Labute approximate surface area is 132 Å². The largest absolute Gasteiger partial charge is 0.370 e. The lowest BCUT2D eigenvalue weighted by Crippen LogP contribution is -2.21. The van der Waals surface area contributed by atoms with E-state index in [0.29, 0.717) is 0 Å². The van der Waals surface area contributed by atoms with Crippen molar-refractivity contribution >= 4 is 33.0 Å². The first kappa shape index (κ1) is 14.1. The van der Waals surface area contributed by atoms with Gasteiger partial charge in [0.25, 0.3) is 0 Å².